The van der Waals surface area contributed by atoms with Crippen molar-refractivity contribution in [3.05, 3.63) is 58.7 Å². The van der Waals surface area contributed by atoms with Crippen molar-refractivity contribution in [2.75, 3.05) is 0 Å². The predicted octanol–water partition coefficient (Wildman–Crippen LogP) is 6.10. The quantitative estimate of drug-likeness (QED) is 0.276. The molecule has 0 radical (unpaired) electrons. The number of ether oxygens (including phenoxy) is 1. The van der Waals surface area contributed by atoms with E-state index in [4.69, 9.17) is 14.7 Å². The van der Waals surface area contributed by atoms with Gasteiger partial charge in [0.15, 0.2) is 11.4 Å². The van der Waals surface area contributed by atoms with Crippen LogP contribution >= 0.6 is 11.3 Å². The van der Waals surface area contributed by atoms with E-state index in [9.17, 15) is 4.79 Å². The number of aromatic nitrogens is 4. The van der Waals surface area contributed by atoms with E-state index in [0.29, 0.717) is 24.6 Å². The number of para-hydroxylation sites is 2. The summed E-state index contributed by atoms with van der Waals surface area (Å²) in [5, 5.41) is 2.86. The summed E-state index contributed by atoms with van der Waals surface area (Å²) >= 11 is 1.70. The van der Waals surface area contributed by atoms with Crippen LogP contribution in [0.3, 0.4) is 0 Å². The van der Waals surface area contributed by atoms with Gasteiger partial charge in [-0.05, 0) is 35.4 Å². The molecule has 5 aromatic rings. The van der Waals surface area contributed by atoms with E-state index in [0.717, 1.165) is 40.0 Å². The first-order chi connectivity index (χ1) is 15.9. The molecule has 1 aromatic carbocycles. The van der Waals surface area contributed by atoms with E-state index in [2.05, 4.69) is 40.3 Å². The fraction of sp³-hybridized carbons (Fsp3) is 0.346. The van der Waals surface area contributed by atoms with Gasteiger partial charge >= 0.3 is 5.97 Å². The van der Waals surface area contributed by atoms with Gasteiger partial charge in [0.2, 0.25) is 0 Å². The summed E-state index contributed by atoms with van der Waals surface area (Å²) in [6.07, 6.45) is 3.09. The monoisotopic (exact) mass is 460 g/mol. The summed E-state index contributed by atoms with van der Waals surface area (Å²) in [5.41, 5.74) is 3.51. The van der Waals surface area contributed by atoms with Crippen LogP contribution in [-0.2, 0) is 17.8 Å². The minimum absolute atomic E-state index is 0.224. The SMILES string of the molecule is CC(C)CC(=O)Oc1cn(Cc2cccs2)c2nc(CC(C)C)n3c4ccccc4nc3c12. The molecule has 170 valence electrons. The Morgan fingerprint density at radius 3 is 2.58 bits per heavy atom. The number of carbonyl (C=O) groups is 1. The van der Waals surface area contributed by atoms with E-state index in [1.54, 1.807) is 11.3 Å². The van der Waals surface area contributed by atoms with Gasteiger partial charge in [0.1, 0.15) is 16.9 Å². The van der Waals surface area contributed by atoms with Crippen LogP contribution in [0.5, 0.6) is 5.75 Å². The van der Waals surface area contributed by atoms with Gasteiger partial charge in [-0.2, -0.15) is 0 Å². The molecule has 0 bridgehead atoms. The van der Waals surface area contributed by atoms with Crippen LogP contribution in [0.1, 0.15) is 44.8 Å². The molecule has 0 atom stereocenters. The van der Waals surface area contributed by atoms with Gasteiger partial charge in [0.05, 0.1) is 17.6 Å². The molecule has 4 aromatic heterocycles. The van der Waals surface area contributed by atoms with Gasteiger partial charge in [0.25, 0.3) is 0 Å². The number of imidazole rings is 1. The van der Waals surface area contributed by atoms with Crippen LogP contribution in [0.2, 0.25) is 0 Å². The molecule has 0 fully saturated rings. The van der Waals surface area contributed by atoms with Gasteiger partial charge in [-0.3, -0.25) is 9.20 Å². The first-order valence-electron chi connectivity index (χ1n) is 11.4. The molecule has 33 heavy (non-hydrogen) atoms. The number of thiophene rings is 1. The standard InChI is InChI=1S/C26H28N4O2S/c1-16(2)12-22-28-25-24(26-27-19-9-5-6-10-20(19)30(22)26)21(32-23(31)13-17(3)4)15-29(25)14-18-8-7-11-33-18/h5-11,15-17H,12-14H2,1-4H3. The number of carbonyl (C=O) groups excluding carboxylic acids is 1. The van der Waals surface area contributed by atoms with E-state index >= 15 is 0 Å². The number of benzene rings is 1. The summed E-state index contributed by atoms with van der Waals surface area (Å²) < 4.78 is 10.1. The molecule has 4 heterocycles. The average Bonchev–Trinajstić information content (AvgIpc) is 3.45. The number of hydrogen-bond acceptors (Lipinski definition) is 5. The molecule has 0 saturated carbocycles. The van der Waals surface area contributed by atoms with Crippen molar-refractivity contribution in [3.8, 4) is 5.75 Å². The predicted molar refractivity (Wildman–Crippen MR) is 133 cm³/mol. The second kappa shape index (κ2) is 8.63. The van der Waals surface area contributed by atoms with E-state index in [1.807, 2.05) is 44.3 Å². The maximum Gasteiger partial charge on any atom is 0.311 e. The maximum absolute atomic E-state index is 12.6. The summed E-state index contributed by atoms with van der Waals surface area (Å²) in [6.45, 7) is 9.09. The number of fused-ring (bicyclic) bond motifs is 5. The van der Waals surface area contributed by atoms with Crippen LogP contribution in [0.4, 0.5) is 0 Å². The Morgan fingerprint density at radius 2 is 1.85 bits per heavy atom. The lowest BCUT2D eigenvalue weighted by Gasteiger charge is -2.11. The van der Waals surface area contributed by atoms with E-state index in [-0.39, 0.29) is 11.9 Å². The Labute approximate surface area is 196 Å². The van der Waals surface area contributed by atoms with Crippen LogP contribution < -0.4 is 4.74 Å². The Bertz CT molecular complexity index is 1440. The summed E-state index contributed by atoms with van der Waals surface area (Å²) in [4.78, 5) is 24.0. The summed E-state index contributed by atoms with van der Waals surface area (Å²) in [6, 6.07) is 12.3. The molecule has 0 unspecified atom stereocenters. The van der Waals surface area contributed by atoms with E-state index in [1.165, 1.54) is 4.88 Å². The number of hydrogen-bond donors (Lipinski definition) is 0. The van der Waals surface area contributed by atoms with Crippen molar-refractivity contribution in [1.82, 2.24) is 18.9 Å². The van der Waals surface area contributed by atoms with Crippen molar-refractivity contribution in [2.45, 2.75) is 47.1 Å². The minimum atomic E-state index is -0.235. The Morgan fingerprint density at radius 1 is 1.03 bits per heavy atom. The molecular weight excluding hydrogens is 432 g/mol. The van der Waals surface area contributed by atoms with Crippen molar-refractivity contribution in [3.63, 3.8) is 0 Å². The zero-order valence-corrected chi connectivity index (χ0v) is 20.2. The molecule has 0 amide bonds. The zero-order valence-electron chi connectivity index (χ0n) is 19.4. The molecule has 0 aliphatic heterocycles. The molecule has 0 aliphatic carbocycles. The molecular formula is C26H28N4O2S. The van der Waals surface area contributed by atoms with E-state index < -0.39 is 0 Å². The van der Waals surface area contributed by atoms with Crippen molar-refractivity contribution >= 4 is 45.0 Å². The van der Waals surface area contributed by atoms with Gasteiger partial charge in [-0.1, -0.05) is 45.9 Å². The third-order valence-electron chi connectivity index (χ3n) is 5.59. The van der Waals surface area contributed by atoms with Gasteiger partial charge in [0, 0.05) is 23.9 Å². The summed E-state index contributed by atoms with van der Waals surface area (Å²) in [5.74, 6) is 1.91. The second-order valence-corrected chi connectivity index (χ2v) is 10.4. The smallest absolute Gasteiger partial charge is 0.311 e. The van der Waals surface area contributed by atoms with Gasteiger partial charge < -0.3 is 9.30 Å². The van der Waals surface area contributed by atoms with Crippen LogP contribution in [-0.4, -0.2) is 24.9 Å². The molecule has 5 rings (SSSR count). The third-order valence-corrected chi connectivity index (χ3v) is 6.45. The largest absolute Gasteiger partial charge is 0.424 e. The van der Waals surface area contributed by atoms with Crippen molar-refractivity contribution in [1.29, 1.82) is 0 Å². The lowest BCUT2D eigenvalue weighted by atomic mass is 10.1. The molecule has 0 spiro atoms. The number of rotatable bonds is 7. The Hall–Kier alpha value is -3.19. The Kier molecular flexibility index (Phi) is 5.66. The highest BCUT2D eigenvalue weighted by Gasteiger charge is 2.23. The normalized spacial score (nSPS) is 12.1. The molecule has 0 aliphatic rings. The fourth-order valence-electron chi connectivity index (χ4n) is 4.25. The number of nitrogens with zero attached hydrogens (tertiary/aromatic N) is 4. The Balaban J connectivity index is 1.79. The molecule has 0 saturated heterocycles. The highest BCUT2D eigenvalue weighted by atomic mass is 32.1. The first kappa shape index (κ1) is 21.6. The lowest BCUT2D eigenvalue weighted by molar-refractivity contribution is -0.135. The molecule has 6 nitrogen and oxygen atoms in total. The van der Waals surface area contributed by atoms with Crippen LogP contribution in [0.15, 0.2) is 48.0 Å². The molecule has 0 N–H and O–H groups in total. The maximum atomic E-state index is 12.6. The van der Waals surface area contributed by atoms with Crippen molar-refractivity contribution < 1.29 is 9.53 Å². The number of esters is 1. The van der Waals surface area contributed by atoms with Crippen LogP contribution in [0, 0.1) is 11.8 Å². The average molecular weight is 461 g/mol. The highest BCUT2D eigenvalue weighted by Crippen LogP contribution is 2.35. The second-order valence-electron chi connectivity index (χ2n) is 9.36. The van der Waals surface area contributed by atoms with Gasteiger partial charge in [-0.25, -0.2) is 9.97 Å². The topological polar surface area (TPSA) is 61.4 Å². The molecule has 7 heteroatoms. The zero-order chi connectivity index (χ0) is 23.1. The lowest BCUT2D eigenvalue weighted by Crippen LogP contribution is -2.11. The minimum Gasteiger partial charge on any atom is -0.424 e. The fourth-order valence-corrected chi connectivity index (χ4v) is 4.95. The first-order valence-corrected chi connectivity index (χ1v) is 12.3. The van der Waals surface area contributed by atoms with Crippen molar-refractivity contribution in [2.24, 2.45) is 11.8 Å². The van der Waals surface area contributed by atoms with Crippen LogP contribution in [0.25, 0.3) is 27.7 Å². The summed E-state index contributed by atoms with van der Waals surface area (Å²) in [7, 11) is 0. The van der Waals surface area contributed by atoms with Gasteiger partial charge in [-0.15, -0.1) is 11.3 Å². The highest BCUT2D eigenvalue weighted by molar-refractivity contribution is 7.09. The third kappa shape index (κ3) is 4.13.